The van der Waals surface area contributed by atoms with Gasteiger partial charge in [-0.25, -0.2) is 9.18 Å². The Bertz CT molecular complexity index is 543. The van der Waals surface area contributed by atoms with Gasteiger partial charge in [-0.05, 0) is 19.9 Å². The molecule has 2 heterocycles. The minimum Gasteiger partial charge on any atom is -0.394 e. The highest BCUT2D eigenvalue weighted by Gasteiger charge is 2.63. The molecule has 1 aliphatic heterocycles. The number of hydrogen-bond donors (Lipinski definition) is 3. The number of aliphatic hydroxyl groups is 2. The summed E-state index contributed by atoms with van der Waals surface area (Å²) in [4.78, 5) is 15.2. The third-order valence-electron chi connectivity index (χ3n) is 3.64. The first kappa shape index (κ1) is 13.9. The van der Waals surface area contributed by atoms with Crippen LogP contribution in [-0.2, 0) is 4.74 Å². The van der Waals surface area contributed by atoms with Crippen LogP contribution in [0.5, 0.6) is 0 Å². The fraction of sp³-hybridized carbons (Fsp3) is 0.636. The van der Waals surface area contributed by atoms with Gasteiger partial charge in [-0.2, -0.15) is 4.98 Å². The van der Waals surface area contributed by atoms with E-state index in [-0.39, 0.29) is 5.82 Å². The first-order valence-corrected chi connectivity index (χ1v) is 5.74. The van der Waals surface area contributed by atoms with E-state index < -0.39 is 35.9 Å². The van der Waals surface area contributed by atoms with Crippen LogP contribution < -0.4 is 11.4 Å². The average Bonchev–Trinajstić information content (AvgIpc) is 2.47. The molecule has 4 N–H and O–H groups in total. The van der Waals surface area contributed by atoms with Gasteiger partial charge in [0.05, 0.1) is 6.61 Å². The molecule has 0 saturated carbocycles. The Morgan fingerprint density at radius 2 is 2.26 bits per heavy atom. The largest absolute Gasteiger partial charge is 0.394 e. The minimum atomic E-state index is -2.28. The van der Waals surface area contributed by atoms with Crippen LogP contribution >= 0.6 is 0 Å². The number of ether oxygens (including phenoxy) is 1. The molecule has 0 spiro atoms. The number of aromatic nitrogens is 2. The lowest BCUT2D eigenvalue weighted by atomic mass is 9.85. The van der Waals surface area contributed by atoms with Gasteiger partial charge in [0.1, 0.15) is 17.5 Å². The van der Waals surface area contributed by atoms with Crippen LogP contribution in [0.3, 0.4) is 0 Å². The van der Waals surface area contributed by atoms with E-state index in [4.69, 9.17) is 15.6 Å². The summed E-state index contributed by atoms with van der Waals surface area (Å²) in [6.45, 7) is 1.75. The van der Waals surface area contributed by atoms with Gasteiger partial charge < -0.3 is 20.7 Å². The van der Waals surface area contributed by atoms with Gasteiger partial charge in [0.25, 0.3) is 0 Å². The molecular formula is C11H16FN3O4. The van der Waals surface area contributed by atoms with E-state index in [1.165, 1.54) is 19.2 Å². The maximum atomic E-state index is 14.8. The highest BCUT2D eigenvalue weighted by Crippen LogP contribution is 2.47. The number of nitrogens with zero attached hydrogens (tertiary/aromatic N) is 2. The van der Waals surface area contributed by atoms with E-state index in [1.807, 2.05) is 0 Å². The summed E-state index contributed by atoms with van der Waals surface area (Å²) < 4.78 is 20.9. The van der Waals surface area contributed by atoms with Crippen LogP contribution in [0.2, 0.25) is 0 Å². The van der Waals surface area contributed by atoms with Crippen molar-refractivity contribution in [2.24, 2.45) is 0 Å². The molecule has 1 aromatic rings. The van der Waals surface area contributed by atoms with Crippen LogP contribution in [0.1, 0.15) is 20.1 Å². The molecule has 0 bridgehead atoms. The summed E-state index contributed by atoms with van der Waals surface area (Å²) in [5, 5.41) is 19.3. The SMILES string of the molecule is CC1(F)[C@H](n2ccc(N)nc2=O)OC(CO)[C@@]1(C)O. The normalized spacial score (nSPS) is 38.6. The van der Waals surface area contributed by atoms with Crippen molar-refractivity contribution in [2.75, 3.05) is 12.3 Å². The predicted octanol–water partition coefficient (Wildman–Crippen LogP) is -0.806. The molecule has 106 valence electrons. The second kappa shape index (κ2) is 4.26. The molecule has 1 aromatic heterocycles. The van der Waals surface area contributed by atoms with E-state index in [0.717, 1.165) is 11.5 Å². The predicted molar refractivity (Wildman–Crippen MR) is 64.0 cm³/mol. The number of rotatable bonds is 2. The van der Waals surface area contributed by atoms with Gasteiger partial charge in [0.2, 0.25) is 0 Å². The fourth-order valence-electron chi connectivity index (χ4n) is 2.13. The molecule has 19 heavy (non-hydrogen) atoms. The lowest BCUT2D eigenvalue weighted by molar-refractivity contribution is -0.0892. The molecule has 0 aromatic carbocycles. The second-order valence-corrected chi connectivity index (χ2v) is 4.93. The van der Waals surface area contributed by atoms with Crippen molar-refractivity contribution in [3.8, 4) is 0 Å². The van der Waals surface area contributed by atoms with Crippen LogP contribution in [0, 0.1) is 0 Å². The van der Waals surface area contributed by atoms with Crippen molar-refractivity contribution in [3.05, 3.63) is 22.7 Å². The Labute approximate surface area is 108 Å². The monoisotopic (exact) mass is 273 g/mol. The molecule has 2 rings (SSSR count). The van der Waals surface area contributed by atoms with Gasteiger partial charge in [-0.1, -0.05) is 0 Å². The van der Waals surface area contributed by atoms with Gasteiger partial charge in [-0.15, -0.1) is 0 Å². The molecular weight excluding hydrogens is 257 g/mol. The Balaban J connectivity index is 2.49. The van der Waals surface area contributed by atoms with E-state index in [9.17, 15) is 14.3 Å². The molecule has 8 heteroatoms. The molecule has 7 nitrogen and oxygen atoms in total. The van der Waals surface area contributed by atoms with Crippen LogP contribution in [-0.4, -0.2) is 43.7 Å². The van der Waals surface area contributed by atoms with Gasteiger partial charge in [0, 0.05) is 6.20 Å². The third-order valence-corrected chi connectivity index (χ3v) is 3.64. The second-order valence-electron chi connectivity index (χ2n) is 4.93. The van der Waals surface area contributed by atoms with Crippen molar-refractivity contribution in [2.45, 2.75) is 37.4 Å². The van der Waals surface area contributed by atoms with E-state index in [0.29, 0.717) is 0 Å². The lowest BCUT2D eigenvalue weighted by Crippen LogP contribution is -2.52. The first-order valence-electron chi connectivity index (χ1n) is 5.74. The third kappa shape index (κ3) is 1.92. The Morgan fingerprint density at radius 3 is 2.74 bits per heavy atom. The highest BCUT2D eigenvalue weighted by atomic mass is 19.1. The quantitative estimate of drug-likeness (QED) is 0.650. The van der Waals surface area contributed by atoms with E-state index in [1.54, 1.807) is 0 Å². The number of halogens is 1. The maximum Gasteiger partial charge on any atom is 0.351 e. The lowest BCUT2D eigenvalue weighted by Gasteiger charge is -2.32. The Morgan fingerprint density at radius 1 is 1.63 bits per heavy atom. The summed E-state index contributed by atoms with van der Waals surface area (Å²) in [6, 6.07) is 1.32. The zero-order valence-corrected chi connectivity index (χ0v) is 10.6. The Hall–Kier alpha value is -1.51. The molecule has 0 aliphatic carbocycles. The van der Waals surface area contributed by atoms with Crippen LogP contribution in [0.25, 0.3) is 0 Å². The smallest absolute Gasteiger partial charge is 0.351 e. The topological polar surface area (TPSA) is 111 Å². The summed E-state index contributed by atoms with van der Waals surface area (Å²) in [7, 11) is 0. The first-order chi connectivity index (χ1) is 8.71. The number of anilines is 1. The zero-order chi connectivity index (χ0) is 14.4. The van der Waals surface area contributed by atoms with Gasteiger partial charge in [0.15, 0.2) is 11.9 Å². The number of nitrogens with two attached hydrogens (primary N) is 1. The molecule has 0 radical (unpaired) electrons. The number of alkyl halides is 1. The van der Waals surface area contributed by atoms with E-state index in [2.05, 4.69) is 4.98 Å². The summed E-state index contributed by atoms with van der Waals surface area (Å²) in [5.41, 5.74) is 0.350. The highest BCUT2D eigenvalue weighted by molar-refractivity contribution is 5.24. The number of nitrogen functional groups attached to an aromatic ring is 1. The van der Waals surface area contributed by atoms with Crippen molar-refractivity contribution in [1.29, 1.82) is 0 Å². The summed E-state index contributed by atoms with van der Waals surface area (Å²) in [6.07, 6.45) is -1.29. The summed E-state index contributed by atoms with van der Waals surface area (Å²) >= 11 is 0. The van der Waals surface area contributed by atoms with Crippen molar-refractivity contribution < 1.29 is 19.3 Å². The average molecular weight is 273 g/mol. The fourth-order valence-corrected chi connectivity index (χ4v) is 2.13. The maximum absolute atomic E-state index is 14.8. The minimum absolute atomic E-state index is 0.00489. The van der Waals surface area contributed by atoms with Crippen molar-refractivity contribution in [1.82, 2.24) is 9.55 Å². The molecule has 0 amide bonds. The van der Waals surface area contributed by atoms with E-state index >= 15 is 0 Å². The Kier molecular flexibility index (Phi) is 3.12. The summed E-state index contributed by atoms with van der Waals surface area (Å²) in [5.74, 6) is 0.00489. The number of aliphatic hydroxyl groups excluding tert-OH is 1. The van der Waals surface area contributed by atoms with Crippen LogP contribution in [0.4, 0.5) is 10.2 Å². The zero-order valence-electron chi connectivity index (χ0n) is 10.6. The molecule has 1 aliphatic rings. The number of hydrogen-bond acceptors (Lipinski definition) is 6. The van der Waals surface area contributed by atoms with Crippen molar-refractivity contribution in [3.63, 3.8) is 0 Å². The molecule has 4 atom stereocenters. The van der Waals surface area contributed by atoms with Gasteiger partial charge in [-0.3, -0.25) is 4.57 Å². The van der Waals surface area contributed by atoms with Gasteiger partial charge >= 0.3 is 5.69 Å². The van der Waals surface area contributed by atoms with Crippen LogP contribution in [0.15, 0.2) is 17.1 Å². The standard InChI is InChI=1S/C11H16FN3O4/c1-10(12)8(19-6(5-16)11(10,2)18)15-4-3-7(13)14-9(15)17/h3-4,6,8,16,18H,5H2,1-2H3,(H2,13,14,17)/t6?,8-,10?,11-/m1/s1. The molecule has 2 unspecified atom stereocenters. The van der Waals surface area contributed by atoms with Crippen molar-refractivity contribution >= 4 is 5.82 Å². The molecule has 1 fully saturated rings. The molecule has 1 saturated heterocycles.